The second-order valence-corrected chi connectivity index (χ2v) is 17.0. The smallest absolute Gasteiger partial charge is 0.0440 e. The third kappa shape index (κ3) is 4.89. The molecule has 1 aromatic heterocycles. The lowest BCUT2D eigenvalue weighted by atomic mass is 9.86. The predicted octanol–water partition coefficient (Wildman–Crippen LogP) is 17.1. The summed E-state index contributed by atoms with van der Waals surface area (Å²) in [6.07, 6.45) is 0. The SMILES string of the molecule is c1ccc(-c2cccc(-c3ccc4ccc5c(-c6ccc(-c7ccc8c(c7)c7ccccc7c7ccc9c%10ccccc%10sc9c78)cc6)ccc6ccc3c4c65)c2)cc1. The van der Waals surface area contributed by atoms with Crippen LogP contribution in [-0.4, -0.2) is 0 Å². The van der Waals surface area contributed by atoms with Crippen LogP contribution < -0.4 is 0 Å². The van der Waals surface area contributed by atoms with Gasteiger partial charge in [-0.05, 0) is 122 Å². The normalized spacial score (nSPS) is 12.1. The van der Waals surface area contributed by atoms with Crippen LogP contribution >= 0.6 is 11.3 Å². The van der Waals surface area contributed by atoms with Gasteiger partial charge in [0, 0.05) is 25.6 Å². The zero-order chi connectivity index (χ0) is 38.6. The molecular formula is C58H34S. The first-order chi connectivity index (χ1) is 29.2. The first kappa shape index (κ1) is 32.7. The Morgan fingerprint density at radius 1 is 0.237 bits per heavy atom. The van der Waals surface area contributed by atoms with Crippen molar-refractivity contribution >= 4 is 96.1 Å². The number of hydrogen-bond acceptors (Lipinski definition) is 1. The number of benzene rings is 12. The van der Waals surface area contributed by atoms with E-state index in [0.717, 1.165) is 0 Å². The van der Waals surface area contributed by atoms with Crippen LogP contribution in [0.15, 0.2) is 206 Å². The summed E-state index contributed by atoms with van der Waals surface area (Å²) < 4.78 is 2.71. The van der Waals surface area contributed by atoms with Crippen LogP contribution in [0.4, 0.5) is 0 Å². The van der Waals surface area contributed by atoms with Crippen LogP contribution in [-0.2, 0) is 0 Å². The minimum atomic E-state index is 1.22. The molecule has 0 radical (unpaired) electrons. The molecule has 0 bridgehead atoms. The maximum absolute atomic E-state index is 2.42. The Balaban J connectivity index is 0.933. The Kier molecular flexibility index (Phi) is 6.98. The first-order valence-electron chi connectivity index (χ1n) is 20.4. The topological polar surface area (TPSA) is 0 Å². The van der Waals surface area contributed by atoms with Crippen LogP contribution in [0.25, 0.3) is 129 Å². The Hall–Kier alpha value is -7.32. The molecule has 0 saturated carbocycles. The quantitative estimate of drug-likeness (QED) is 0.157. The molecule has 59 heavy (non-hydrogen) atoms. The Bertz CT molecular complexity index is 3810. The lowest BCUT2D eigenvalue weighted by Gasteiger charge is -2.17. The Labute approximate surface area is 345 Å². The summed E-state index contributed by atoms with van der Waals surface area (Å²) in [5, 5.41) is 18.4. The molecule has 1 heteroatoms. The molecule has 0 fully saturated rings. The second-order valence-electron chi connectivity index (χ2n) is 15.9. The largest absolute Gasteiger partial charge is 0.135 e. The summed E-state index contributed by atoms with van der Waals surface area (Å²) in [6, 6.07) is 76.9. The van der Waals surface area contributed by atoms with E-state index >= 15 is 0 Å². The van der Waals surface area contributed by atoms with E-state index in [-0.39, 0.29) is 0 Å². The van der Waals surface area contributed by atoms with E-state index in [1.807, 2.05) is 11.3 Å². The average molecular weight is 763 g/mol. The second kappa shape index (κ2) is 12.6. The zero-order valence-electron chi connectivity index (χ0n) is 32.0. The van der Waals surface area contributed by atoms with Crippen molar-refractivity contribution in [2.45, 2.75) is 0 Å². The van der Waals surface area contributed by atoms with E-state index in [2.05, 4.69) is 206 Å². The maximum Gasteiger partial charge on any atom is 0.0440 e. The highest BCUT2D eigenvalue weighted by atomic mass is 32.1. The van der Waals surface area contributed by atoms with Gasteiger partial charge in [-0.25, -0.2) is 0 Å². The number of hydrogen-bond donors (Lipinski definition) is 0. The van der Waals surface area contributed by atoms with Crippen molar-refractivity contribution in [1.82, 2.24) is 0 Å². The van der Waals surface area contributed by atoms with Crippen molar-refractivity contribution < 1.29 is 0 Å². The molecule has 13 rings (SSSR count). The van der Waals surface area contributed by atoms with E-state index in [4.69, 9.17) is 0 Å². The molecular weight excluding hydrogens is 729 g/mol. The number of fused-ring (bicyclic) bond motifs is 10. The van der Waals surface area contributed by atoms with Crippen molar-refractivity contribution in [3.8, 4) is 44.5 Å². The molecule has 272 valence electrons. The van der Waals surface area contributed by atoms with Gasteiger partial charge in [0.15, 0.2) is 0 Å². The zero-order valence-corrected chi connectivity index (χ0v) is 32.9. The van der Waals surface area contributed by atoms with Crippen LogP contribution in [0, 0.1) is 0 Å². The van der Waals surface area contributed by atoms with Gasteiger partial charge in [-0.3, -0.25) is 0 Å². The van der Waals surface area contributed by atoms with Gasteiger partial charge < -0.3 is 0 Å². The molecule has 0 atom stereocenters. The van der Waals surface area contributed by atoms with E-state index in [1.165, 1.54) is 129 Å². The van der Waals surface area contributed by atoms with Crippen LogP contribution in [0.1, 0.15) is 0 Å². The number of rotatable bonds is 4. The van der Waals surface area contributed by atoms with Gasteiger partial charge in [-0.2, -0.15) is 0 Å². The highest BCUT2D eigenvalue weighted by molar-refractivity contribution is 7.26. The monoisotopic (exact) mass is 762 g/mol. The summed E-state index contributed by atoms with van der Waals surface area (Å²) in [4.78, 5) is 0. The summed E-state index contributed by atoms with van der Waals surface area (Å²) >= 11 is 1.92. The molecule has 1 heterocycles. The van der Waals surface area contributed by atoms with Gasteiger partial charge in [0.1, 0.15) is 0 Å². The van der Waals surface area contributed by atoms with Crippen molar-refractivity contribution in [2.75, 3.05) is 0 Å². The van der Waals surface area contributed by atoms with Crippen molar-refractivity contribution in [3.63, 3.8) is 0 Å². The van der Waals surface area contributed by atoms with Gasteiger partial charge in [-0.1, -0.05) is 188 Å². The minimum Gasteiger partial charge on any atom is -0.135 e. The highest BCUT2D eigenvalue weighted by Gasteiger charge is 2.18. The number of thiophene rings is 1. The van der Waals surface area contributed by atoms with E-state index < -0.39 is 0 Å². The maximum atomic E-state index is 2.42. The van der Waals surface area contributed by atoms with Gasteiger partial charge in [0.25, 0.3) is 0 Å². The van der Waals surface area contributed by atoms with Crippen molar-refractivity contribution in [3.05, 3.63) is 206 Å². The van der Waals surface area contributed by atoms with Gasteiger partial charge in [0.2, 0.25) is 0 Å². The molecule has 0 saturated heterocycles. The predicted molar refractivity (Wildman–Crippen MR) is 257 cm³/mol. The third-order valence-electron chi connectivity index (χ3n) is 12.8. The first-order valence-corrected chi connectivity index (χ1v) is 21.2. The fraction of sp³-hybridized carbons (Fsp3) is 0. The molecule has 0 aliphatic heterocycles. The molecule has 0 N–H and O–H groups in total. The summed E-state index contributed by atoms with van der Waals surface area (Å²) in [6.45, 7) is 0. The summed E-state index contributed by atoms with van der Waals surface area (Å²) in [7, 11) is 0. The lowest BCUT2D eigenvalue weighted by Crippen LogP contribution is -1.90. The molecule has 0 spiro atoms. The average Bonchev–Trinajstić information content (AvgIpc) is 3.70. The molecule has 0 aliphatic carbocycles. The van der Waals surface area contributed by atoms with Gasteiger partial charge in [0.05, 0.1) is 0 Å². The Morgan fingerprint density at radius 2 is 0.729 bits per heavy atom. The van der Waals surface area contributed by atoms with Gasteiger partial charge >= 0.3 is 0 Å². The van der Waals surface area contributed by atoms with Crippen LogP contribution in [0.3, 0.4) is 0 Å². The molecule has 0 unspecified atom stereocenters. The van der Waals surface area contributed by atoms with Crippen LogP contribution in [0.2, 0.25) is 0 Å². The standard InChI is InChI=1S/C58H34S/c1-2-9-35(10-3-1)40-11-8-12-42(33-40)44-27-22-39-23-28-48-43(26-21-38-24-29-49(44)56(39)55(38)48)37-19-17-36(18-20-37)41-25-30-51-53(34-41)46-14-5-4-13-45(46)50-31-32-52-47-15-6-7-16-54(47)59-58(52)57(50)51/h1-34H. The van der Waals surface area contributed by atoms with Gasteiger partial charge in [-0.15, -0.1) is 11.3 Å². The Morgan fingerprint density at radius 3 is 1.49 bits per heavy atom. The fourth-order valence-corrected chi connectivity index (χ4v) is 11.3. The lowest BCUT2D eigenvalue weighted by molar-refractivity contribution is 1.61. The molecule has 0 aliphatic rings. The minimum absolute atomic E-state index is 1.22. The molecule has 12 aromatic carbocycles. The van der Waals surface area contributed by atoms with Crippen LogP contribution in [0.5, 0.6) is 0 Å². The highest BCUT2D eigenvalue weighted by Crippen LogP contribution is 2.46. The van der Waals surface area contributed by atoms with E-state index in [9.17, 15) is 0 Å². The summed E-state index contributed by atoms with van der Waals surface area (Å²) in [5.74, 6) is 0. The van der Waals surface area contributed by atoms with E-state index in [0.29, 0.717) is 0 Å². The van der Waals surface area contributed by atoms with Crippen molar-refractivity contribution in [2.24, 2.45) is 0 Å². The summed E-state index contributed by atoms with van der Waals surface area (Å²) in [5.41, 5.74) is 9.92. The molecule has 13 aromatic rings. The van der Waals surface area contributed by atoms with E-state index in [1.54, 1.807) is 0 Å². The molecule has 0 amide bonds. The third-order valence-corrected chi connectivity index (χ3v) is 14.0. The molecule has 0 nitrogen and oxygen atoms in total. The fourth-order valence-electron chi connectivity index (χ4n) is 10.0. The van der Waals surface area contributed by atoms with Crippen molar-refractivity contribution in [1.29, 1.82) is 0 Å².